The van der Waals surface area contributed by atoms with Crippen molar-refractivity contribution in [3.63, 3.8) is 0 Å². The van der Waals surface area contributed by atoms with Gasteiger partial charge in [-0.2, -0.15) is 0 Å². The van der Waals surface area contributed by atoms with Crippen LogP contribution in [0.3, 0.4) is 0 Å². The molecule has 1 aromatic rings. The van der Waals surface area contributed by atoms with Crippen molar-refractivity contribution >= 4 is 11.8 Å². The first-order valence-corrected chi connectivity index (χ1v) is 5.98. The predicted molar refractivity (Wildman–Crippen MR) is 66.2 cm³/mol. The number of carboxylic acid groups (broad SMARTS) is 1. The van der Waals surface area contributed by atoms with Gasteiger partial charge in [-0.1, -0.05) is 13.0 Å². The molecule has 1 atom stereocenters. The van der Waals surface area contributed by atoms with E-state index < -0.39 is 11.4 Å². The Hall–Kier alpha value is -1.58. The average molecular weight is 234 g/mol. The Bertz CT molecular complexity index is 416. The molecule has 0 amide bonds. The molecule has 17 heavy (non-hydrogen) atoms. The maximum Gasteiger partial charge on any atom is 0.311 e. The van der Waals surface area contributed by atoms with Crippen molar-refractivity contribution in [2.24, 2.45) is 5.41 Å². The number of rotatable bonds is 3. The number of hydrogen-bond donors (Lipinski definition) is 1. The molecule has 0 bridgehead atoms. The van der Waals surface area contributed by atoms with Gasteiger partial charge in [0.2, 0.25) is 0 Å². The van der Waals surface area contributed by atoms with Crippen LogP contribution in [0.25, 0.3) is 0 Å². The Morgan fingerprint density at radius 1 is 1.59 bits per heavy atom. The van der Waals surface area contributed by atoms with E-state index in [1.165, 1.54) is 0 Å². The molecule has 1 N–H and O–H groups in total. The Morgan fingerprint density at radius 2 is 2.35 bits per heavy atom. The summed E-state index contributed by atoms with van der Waals surface area (Å²) >= 11 is 0. The molecule has 4 heteroatoms. The molecule has 2 heterocycles. The van der Waals surface area contributed by atoms with Crippen molar-refractivity contribution in [1.82, 2.24) is 4.98 Å². The van der Waals surface area contributed by atoms with Crippen LogP contribution in [0.15, 0.2) is 18.3 Å². The maximum atomic E-state index is 11.3. The number of carboxylic acids is 1. The summed E-state index contributed by atoms with van der Waals surface area (Å²) in [7, 11) is 0. The lowest BCUT2D eigenvalue weighted by Gasteiger charge is -2.23. The van der Waals surface area contributed by atoms with Gasteiger partial charge < -0.3 is 10.0 Å². The highest BCUT2D eigenvalue weighted by atomic mass is 16.4. The molecule has 0 aliphatic carbocycles. The third-order valence-corrected chi connectivity index (χ3v) is 3.70. The van der Waals surface area contributed by atoms with Crippen molar-refractivity contribution in [1.29, 1.82) is 0 Å². The van der Waals surface area contributed by atoms with Crippen LogP contribution in [0.2, 0.25) is 0 Å². The third-order valence-electron chi connectivity index (χ3n) is 3.70. The second-order valence-electron chi connectivity index (χ2n) is 4.80. The Kier molecular flexibility index (Phi) is 3.05. The average Bonchev–Trinajstić information content (AvgIpc) is 2.75. The smallest absolute Gasteiger partial charge is 0.311 e. The fraction of sp³-hybridized carbons (Fsp3) is 0.538. The number of aromatic nitrogens is 1. The molecule has 1 saturated heterocycles. The number of aryl methyl sites for hydroxylation is 1. The lowest BCUT2D eigenvalue weighted by molar-refractivity contribution is -0.147. The number of nitrogens with zero attached hydrogens (tertiary/aromatic N) is 2. The molecule has 1 aromatic heterocycles. The zero-order chi connectivity index (χ0) is 12.5. The van der Waals surface area contributed by atoms with Crippen LogP contribution in [0.1, 0.15) is 25.3 Å². The van der Waals surface area contributed by atoms with Crippen molar-refractivity contribution in [3.8, 4) is 0 Å². The predicted octanol–water partition coefficient (Wildman–Crippen LogP) is 2.08. The molecule has 0 saturated carbocycles. The highest BCUT2D eigenvalue weighted by molar-refractivity contribution is 5.76. The molecule has 4 nitrogen and oxygen atoms in total. The van der Waals surface area contributed by atoms with Crippen molar-refractivity contribution < 1.29 is 9.90 Å². The molecule has 1 fully saturated rings. The molecule has 0 radical (unpaired) electrons. The minimum Gasteiger partial charge on any atom is -0.481 e. The summed E-state index contributed by atoms with van der Waals surface area (Å²) in [6, 6.07) is 3.97. The van der Waals surface area contributed by atoms with Gasteiger partial charge in [0.25, 0.3) is 0 Å². The Balaban J connectivity index is 2.17. The zero-order valence-corrected chi connectivity index (χ0v) is 10.3. The van der Waals surface area contributed by atoms with Gasteiger partial charge in [0.15, 0.2) is 0 Å². The van der Waals surface area contributed by atoms with Gasteiger partial charge in [-0.15, -0.1) is 0 Å². The quantitative estimate of drug-likeness (QED) is 0.870. The van der Waals surface area contributed by atoms with E-state index in [1.807, 2.05) is 32.2 Å². The van der Waals surface area contributed by atoms with Crippen LogP contribution in [0.5, 0.6) is 0 Å². The maximum absolute atomic E-state index is 11.3. The molecule has 0 aromatic carbocycles. The Morgan fingerprint density at radius 3 is 2.82 bits per heavy atom. The highest BCUT2D eigenvalue weighted by Gasteiger charge is 2.43. The highest BCUT2D eigenvalue weighted by Crippen LogP contribution is 2.35. The van der Waals surface area contributed by atoms with Crippen LogP contribution in [-0.2, 0) is 4.79 Å². The summed E-state index contributed by atoms with van der Waals surface area (Å²) in [6.07, 6.45) is 3.20. The number of carbonyl (C=O) groups is 1. The van der Waals surface area contributed by atoms with E-state index in [9.17, 15) is 9.90 Å². The van der Waals surface area contributed by atoms with E-state index in [2.05, 4.69) is 9.88 Å². The standard InChI is InChI=1S/C13H18N2O2/c1-3-13(12(16)17)6-7-15(9-13)11-5-4-10(2)8-14-11/h4-5,8H,3,6-7,9H2,1-2H3,(H,16,17). The summed E-state index contributed by atoms with van der Waals surface area (Å²) in [5.41, 5.74) is 0.528. The van der Waals surface area contributed by atoms with E-state index >= 15 is 0 Å². The number of pyridine rings is 1. The largest absolute Gasteiger partial charge is 0.481 e. The second-order valence-corrected chi connectivity index (χ2v) is 4.80. The van der Waals surface area contributed by atoms with Gasteiger partial charge in [0.1, 0.15) is 5.82 Å². The van der Waals surface area contributed by atoms with Crippen LogP contribution in [0, 0.1) is 12.3 Å². The van der Waals surface area contributed by atoms with E-state index in [4.69, 9.17) is 0 Å². The lowest BCUT2D eigenvalue weighted by atomic mass is 9.84. The number of hydrogen-bond acceptors (Lipinski definition) is 3. The molecule has 1 aliphatic heterocycles. The molecular weight excluding hydrogens is 216 g/mol. The van der Waals surface area contributed by atoms with Gasteiger partial charge in [0.05, 0.1) is 5.41 Å². The van der Waals surface area contributed by atoms with Gasteiger partial charge in [-0.3, -0.25) is 4.79 Å². The van der Waals surface area contributed by atoms with Gasteiger partial charge in [-0.05, 0) is 31.4 Å². The van der Waals surface area contributed by atoms with Gasteiger partial charge in [0, 0.05) is 19.3 Å². The summed E-state index contributed by atoms with van der Waals surface area (Å²) in [5, 5.41) is 9.33. The molecule has 1 aliphatic rings. The topological polar surface area (TPSA) is 53.4 Å². The lowest BCUT2D eigenvalue weighted by Crippen LogP contribution is -2.34. The fourth-order valence-corrected chi connectivity index (χ4v) is 2.33. The third kappa shape index (κ3) is 2.12. The van der Waals surface area contributed by atoms with E-state index in [0.717, 1.165) is 17.9 Å². The van der Waals surface area contributed by atoms with Gasteiger partial charge in [-0.25, -0.2) is 4.98 Å². The molecular formula is C13H18N2O2. The number of anilines is 1. The summed E-state index contributed by atoms with van der Waals surface area (Å²) in [4.78, 5) is 17.8. The molecule has 1 unspecified atom stereocenters. The second kappa shape index (κ2) is 4.35. The summed E-state index contributed by atoms with van der Waals surface area (Å²) < 4.78 is 0. The monoisotopic (exact) mass is 234 g/mol. The summed E-state index contributed by atoms with van der Waals surface area (Å²) in [5.74, 6) is 0.196. The van der Waals surface area contributed by atoms with Crippen LogP contribution in [-0.4, -0.2) is 29.1 Å². The summed E-state index contributed by atoms with van der Waals surface area (Å²) in [6.45, 7) is 5.28. The SMILES string of the molecule is CCC1(C(=O)O)CCN(c2ccc(C)cn2)C1. The first kappa shape index (κ1) is 11.9. The van der Waals surface area contributed by atoms with Crippen LogP contribution in [0.4, 0.5) is 5.82 Å². The zero-order valence-electron chi connectivity index (χ0n) is 10.3. The fourth-order valence-electron chi connectivity index (χ4n) is 2.33. The molecule has 2 rings (SSSR count). The normalized spacial score (nSPS) is 24.0. The van der Waals surface area contributed by atoms with E-state index in [-0.39, 0.29) is 0 Å². The van der Waals surface area contributed by atoms with Crippen LogP contribution >= 0.6 is 0 Å². The Labute approximate surface area is 101 Å². The van der Waals surface area contributed by atoms with Crippen molar-refractivity contribution in [3.05, 3.63) is 23.9 Å². The van der Waals surface area contributed by atoms with E-state index in [0.29, 0.717) is 19.4 Å². The first-order valence-electron chi connectivity index (χ1n) is 5.98. The van der Waals surface area contributed by atoms with Gasteiger partial charge >= 0.3 is 5.97 Å². The van der Waals surface area contributed by atoms with Crippen molar-refractivity contribution in [2.75, 3.05) is 18.0 Å². The minimum absolute atomic E-state index is 0.564. The number of aliphatic carboxylic acids is 1. The minimum atomic E-state index is -0.686. The first-order chi connectivity index (χ1) is 8.07. The van der Waals surface area contributed by atoms with E-state index in [1.54, 1.807) is 0 Å². The van der Waals surface area contributed by atoms with Crippen molar-refractivity contribution in [2.45, 2.75) is 26.7 Å². The molecule has 0 spiro atoms. The molecule has 92 valence electrons. The van der Waals surface area contributed by atoms with Crippen LogP contribution < -0.4 is 4.90 Å².